The third kappa shape index (κ3) is 3.48. The summed E-state index contributed by atoms with van der Waals surface area (Å²) in [5.41, 5.74) is 0.130. The van der Waals surface area contributed by atoms with Gasteiger partial charge in [-0.25, -0.2) is 4.79 Å². The van der Waals surface area contributed by atoms with Gasteiger partial charge in [0.25, 0.3) is 0 Å². The SMILES string of the molecule is C=C(C(=O)O)C(C)NC(=S)CC. The van der Waals surface area contributed by atoms with Gasteiger partial charge in [0.2, 0.25) is 0 Å². The molecule has 1 atom stereocenters. The molecule has 0 radical (unpaired) electrons. The van der Waals surface area contributed by atoms with Crippen LogP contribution in [0, 0.1) is 0 Å². The van der Waals surface area contributed by atoms with Gasteiger partial charge < -0.3 is 10.4 Å². The van der Waals surface area contributed by atoms with Crippen molar-refractivity contribution in [1.29, 1.82) is 0 Å². The molecule has 0 heterocycles. The van der Waals surface area contributed by atoms with Crippen LogP contribution in [-0.2, 0) is 4.79 Å². The maximum Gasteiger partial charge on any atom is 0.333 e. The smallest absolute Gasteiger partial charge is 0.333 e. The molecule has 0 amide bonds. The second-order valence-electron chi connectivity index (χ2n) is 2.47. The number of carboxylic acid groups (broad SMARTS) is 1. The Bertz CT molecular complexity index is 213. The molecule has 68 valence electrons. The van der Waals surface area contributed by atoms with Crippen molar-refractivity contribution in [3.05, 3.63) is 12.2 Å². The zero-order chi connectivity index (χ0) is 9.72. The fourth-order valence-corrected chi connectivity index (χ4v) is 0.793. The summed E-state index contributed by atoms with van der Waals surface area (Å²) in [4.78, 5) is 11.1. The van der Waals surface area contributed by atoms with Crippen molar-refractivity contribution in [2.24, 2.45) is 0 Å². The monoisotopic (exact) mass is 187 g/mol. The zero-order valence-corrected chi connectivity index (χ0v) is 8.07. The van der Waals surface area contributed by atoms with Crippen LogP contribution in [0.4, 0.5) is 0 Å². The van der Waals surface area contributed by atoms with Gasteiger partial charge in [-0.05, 0) is 13.3 Å². The molecule has 0 bridgehead atoms. The number of nitrogens with one attached hydrogen (secondary N) is 1. The molecule has 0 aliphatic carbocycles. The highest BCUT2D eigenvalue weighted by Gasteiger charge is 2.12. The molecule has 0 aliphatic heterocycles. The molecule has 0 saturated carbocycles. The van der Waals surface area contributed by atoms with E-state index in [1.54, 1.807) is 6.92 Å². The van der Waals surface area contributed by atoms with E-state index in [0.717, 1.165) is 0 Å². The third-order valence-corrected chi connectivity index (χ3v) is 1.90. The molecule has 12 heavy (non-hydrogen) atoms. The first-order valence-corrected chi connectivity index (χ1v) is 4.11. The molecule has 1 unspecified atom stereocenters. The van der Waals surface area contributed by atoms with Crippen molar-refractivity contribution in [3.63, 3.8) is 0 Å². The minimum Gasteiger partial charge on any atom is -0.478 e. The first-order valence-electron chi connectivity index (χ1n) is 3.70. The third-order valence-electron chi connectivity index (χ3n) is 1.50. The van der Waals surface area contributed by atoms with Crippen LogP contribution in [0.5, 0.6) is 0 Å². The Kier molecular flexibility index (Phi) is 4.51. The van der Waals surface area contributed by atoms with Gasteiger partial charge in [-0.1, -0.05) is 25.7 Å². The summed E-state index contributed by atoms with van der Waals surface area (Å²) < 4.78 is 0. The molecule has 0 aromatic carbocycles. The zero-order valence-electron chi connectivity index (χ0n) is 7.26. The Balaban J connectivity index is 4.04. The summed E-state index contributed by atoms with van der Waals surface area (Å²) >= 11 is 4.89. The van der Waals surface area contributed by atoms with E-state index in [0.29, 0.717) is 11.4 Å². The van der Waals surface area contributed by atoms with Gasteiger partial charge >= 0.3 is 5.97 Å². The lowest BCUT2D eigenvalue weighted by Gasteiger charge is -2.14. The molecular formula is C8H13NO2S. The van der Waals surface area contributed by atoms with Crippen LogP contribution >= 0.6 is 12.2 Å². The van der Waals surface area contributed by atoms with E-state index in [9.17, 15) is 4.79 Å². The second kappa shape index (κ2) is 4.87. The summed E-state index contributed by atoms with van der Waals surface area (Å²) in [6, 6.07) is -0.296. The fourth-order valence-electron chi connectivity index (χ4n) is 0.616. The summed E-state index contributed by atoms with van der Waals surface area (Å²) in [6.07, 6.45) is 0.715. The van der Waals surface area contributed by atoms with Crippen molar-refractivity contribution in [2.45, 2.75) is 26.3 Å². The van der Waals surface area contributed by atoms with Gasteiger partial charge in [-0.15, -0.1) is 0 Å². The van der Waals surface area contributed by atoms with Crippen molar-refractivity contribution < 1.29 is 9.90 Å². The van der Waals surface area contributed by atoms with Crippen LogP contribution in [0.2, 0.25) is 0 Å². The number of aliphatic carboxylic acids is 1. The number of hydrogen-bond acceptors (Lipinski definition) is 2. The van der Waals surface area contributed by atoms with Crippen LogP contribution < -0.4 is 5.32 Å². The van der Waals surface area contributed by atoms with E-state index in [4.69, 9.17) is 17.3 Å². The molecule has 3 nitrogen and oxygen atoms in total. The highest BCUT2D eigenvalue weighted by Crippen LogP contribution is 1.99. The lowest BCUT2D eigenvalue weighted by molar-refractivity contribution is -0.132. The summed E-state index contributed by atoms with van der Waals surface area (Å²) in [7, 11) is 0. The lowest BCUT2D eigenvalue weighted by Crippen LogP contribution is -2.34. The number of carbonyl (C=O) groups is 1. The Morgan fingerprint density at radius 3 is 2.58 bits per heavy atom. The van der Waals surface area contributed by atoms with Crippen molar-refractivity contribution in [3.8, 4) is 0 Å². The van der Waals surface area contributed by atoms with Crippen molar-refractivity contribution in [2.75, 3.05) is 0 Å². The van der Waals surface area contributed by atoms with Crippen LogP contribution in [0.15, 0.2) is 12.2 Å². The molecule has 0 aromatic rings. The van der Waals surface area contributed by atoms with Crippen LogP contribution in [0.1, 0.15) is 20.3 Å². The van der Waals surface area contributed by atoms with Crippen LogP contribution in [-0.4, -0.2) is 22.1 Å². The molecule has 2 N–H and O–H groups in total. The quantitative estimate of drug-likeness (QED) is 0.515. The van der Waals surface area contributed by atoms with E-state index in [1.807, 2.05) is 6.92 Å². The first kappa shape index (κ1) is 11.1. The van der Waals surface area contributed by atoms with Crippen molar-refractivity contribution >= 4 is 23.2 Å². The second-order valence-corrected chi connectivity index (χ2v) is 2.97. The summed E-state index contributed by atoms with van der Waals surface area (Å²) in [6.45, 7) is 7.05. The van der Waals surface area contributed by atoms with Gasteiger partial charge in [0.15, 0.2) is 0 Å². The van der Waals surface area contributed by atoms with Crippen LogP contribution in [0.25, 0.3) is 0 Å². The largest absolute Gasteiger partial charge is 0.478 e. The maximum absolute atomic E-state index is 10.4. The van der Waals surface area contributed by atoms with Crippen molar-refractivity contribution in [1.82, 2.24) is 5.32 Å². The Morgan fingerprint density at radius 1 is 1.75 bits per heavy atom. The molecule has 0 saturated heterocycles. The predicted molar refractivity (Wildman–Crippen MR) is 52.3 cm³/mol. The summed E-state index contributed by atoms with van der Waals surface area (Å²) in [5.74, 6) is -0.992. The number of rotatable bonds is 4. The molecule has 0 fully saturated rings. The topological polar surface area (TPSA) is 49.3 Å². The van der Waals surface area contributed by atoms with E-state index in [-0.39, 0.29) is 11.6 Å². The summed E-state index contributed by atoms with van der Waals surface area (Å²) in [5, 5.41) is 11.4. The minimum atomic E-state index is -0.992. The molecule has 4 heteroatoms. The normalized spacial score (nSPS) is 11.8. The molecule has 0 spiro atoms. The van der Waals surface area contributed by atoms with E-state index >= 15 is 0 Å². The van der Waals surface area contributed by atoms with Gasteiger partial charge in [0, 0.05) is 0 Å². The van der Waals surface area contributed by atoms with E-state index in [1.165, 1.54) is 0 Å². The first-order chi connectivity index (χ1) is 5.49. The minimum absolute atomic E-state index is 0.130. The van der Waals surface area contributed by atoms with Gasteiger partial charge in [-0.3, -0.25) is 0 Å². The molecular weight excluding hydrogens is 174 g/mol. The average Bonchev–Trinajstić information content (AvgIpc) is 2.02. The molecule has 0 rings (SSSR count). The fraction of sp³-hybridized carbons (Fsp3) is 0.500. The number of thiocarbonyl (C=S) groups is 1. The standard InChI is InChI=1S/C8H13NO2S/c1-4-7(12)9-6(3)5(2)8(10)11/h6H,2,4H2,1,3H3,(H,9,12)(H,10,11). The van der Waals surface area contributed by atoms with Gasteiger partial charge in [-0.2, -0.15) is 0 Å². The Hall–Kier alpha value is -0.900. The number of carboxylic acids is 1. The molecule has 0 aliphatic rings. The number of hydrogen-bond donors (Lipinski definition) is 2. The maximum atomic E-state index is 10.4. The average molecular weight is 187 g/mol. The van der Waals surface area contributed by atoms with E-state index in [2.05, 4.69) is 11.9 Å². The highest BCUT2D eigenvalue weighted by atomic mass is 32.1. The highest BCUT2D eigenvalue weighted by molar-refractivity contribution is 7.80. The Labute approximate surface area is 77.5 Å². The Morgan fingerprint density at radius 2 is 2.25 bits per heavy atom. The van der Waals surface area contributed by atoms with E-state index < -0.39 is 5.97 Å². The van der Waals surface area contributed by atoms with Gasteiger partial charge in [0.05, 0.1) is 16.6 Å². The molecule has 0 aromatic heterocycles. The van der Waals surface area contributed by atoms with Crippen LogP contribution in [0.3, 0.4) is 0 Å². The predicted octanol–water partition coefficient (Wildman–Crippen LogP) is 1.34. The van der Waals surface area contributed by atoms with Gasteiger partial charge in [0.1, 0.15) is 0 Å². The lowest BCUT2D eigenvalue weighted by atomic mass is 10.1.